The van der Waals surface area contributed by atoms with E-state index in [1.165, 1.54) is 11.8 Å². The van der Waals surface area contributed by atoms with Crippen molar-refractivity contribution in [3.05, 3.63) is 40.7 Å². The van der Waals surface area contributed by atoms with Gasteiger partial charge in [-0.25, -0.2) is 9.42 Å². The van der Waals surface area contributed by atoms with Gasteiger partial charge < -0.3 is 5.11 Å². The zero-order valence-electron chi connectivity index (χ0n) is 10.0. The predicted molar refractivity (Wildman–Crippen MR) is 66.7 cm³/mol. The Balaban J connectivity index is 2.13. The molecule has 2 rings (SSSR count). The highest BCUT2D eigenvalue weighted by molar-refractivity contribution is 7.98. The average Bonchev–Trinajstić information content (AvgIpc) is 2.73. The summed E-state index contributed by atoms with van der Waals surface area (Å²) in [6.45, 7) is 3.60. The van der Waals surface area contributed by atoms with E-state index in [2.05, 4.69) is 14.9 Å². The van der Waals surface area contributed by atoms with Crippen LogP contribution >= 0.6 is 11.8 Å². The Morgan fingerprint density at radius 1 is 1.39 bits per heavy atom. The van der Waals surface area contributed by atoms with Crippen LogP contribution in [0.1, 0.15) is 27.3 Å². The van der Waals surface area contributed by atoms with Crippen molar-refractivity contribution in [3.8, 4) is 0 Å². The number of carboxylic acids is 1. The molecule has 0 aliphatic heterocycles. The van der Waals surface area contributed by atoms with Crippen molar-refractivity contribution >= 4 is 17.7 Å². The number of carboxylic acid groups (broad SMARTS) is 1. The Bertz CT molecular complexity index is 580. The minimum Gasteiger partial charge on any atom is -0.478 e. The fourth-order valence-electron chi connectivity index (χ4n) is 1.45. The van der Waals surface area contributed by atoms with E-state index in [0.29, 0.717) is 11.3 Å². The van der Waals surface area contributed by atoms with Gasteiger partial charge in [0.15, 0.2) is 0 Å². The topological polar surface area (TPSA) is 76.2 Å². The van der Waals surface area contributed by atoms with Crippen molar-refractivity contribution in [1.29, 1.82) is 0 Å². The van der Waals surface area contributed by atoms with Crippen LogP contribution in [-0.2, 0) is 5.75 Å². The lowest BCUT2D eigenvalue weighted by Crippen LogP contribution is -1.99. The number of aromatic nitrogens is 2. The van der Waals surface area contributed by atoms with Gasteiger partial charge in [0.25, 0.3) is 0 Å². The highest BCUT2D eigenvalue weighted by atomic mass is 32.2. The predicted octanol–water partition coefficient (Wildman–Crippen LogP) is 2.68. The highest BCUT2D eigenvalue weighted by Gasteiger charge is 2.10. The summed E-state index contributed by atoms with van der Waals surface area (Å²) in [6, 6.07) is 5.38. The van der Waals surface area contributed by atoms with E-state index < -0.39 is 5.97 Å². The number of nitrogens with zero attached hydrogens (tertiary/aromatic N) is 2. The molecule has 6 heteroatoms. The third-order valence-corrected chi connectivity index (χ3v) is 3.57. The molecule has 0 fully saturated rings. The minimum atomic E-state index is -0.908. The average molecular weight is 264 g/mol. The van der Waals surface area contributed by atoms with Gasteiger partial charge >= 0.3 is 5.97 Å². The van der Waals surface area contributed by atoms with Crippen LogP contribution in [0.5, 0.6) is 0 Å². The Kier molecular flexibility index (Phi) is 3.66. The maximum Gasteiger partial charge on any atom is 0.335 e. The largest absolute Gasteiger partial charge is 0.478 e. The second-order valence-electron chi connectivity index (χ2n) is 3.87. The first-order valence-corrected chi connectivity index (χ1v) is 6.31. The second-order valence-corrected chi connectivity index (χ2v) is 4.92. The molecule has 18 heavy (non-hydrogen) atoms. The summed E-state index contributed by atoms with van der Waals surface area (Å²) in [5.41, 5.74) is 2.62. The van der Waals surface area contributed by atoms with Crippen LogP contribution in [0.15, 0.2) is 27.7 Å². The fraction of sp³-hybridized carbons (Fsp3) is 0.250. The van der Waals surface area contributed by atoms with Gasteiger partial charge in [-0.2, -0.15) is 0 Å². The van der Waals surface area contributed by atoms with Crippen LogP contribution in [0.2, 0.25) is 0 Å². The SMILES string of the molecule is Cc1ccc(SCc2nonc2C)cc1C(=O)O. The summed E-state index contributed by atoms with van der Waals surface area (Å²) in [4.78, 5) is 11.9. The molecular formula is C12H12N2O3S. The van der Waals surface area contributed by atoms with E-state index in [0.717, 1.165) is 21.8 Å². The van der Waals surface area contributed by atoms with E-state index in [9.17, 15) is 4.79 Å². The van der Waals surface area contributed by atoms with Gasteiger partial charge in [0.1, 0.15) is 11.4 Å². The molecular weight excluding hydrogens is 252 g/mol. The normalized spacial score (nSPS) is 10.6. The molecule has 2 aromatic rings. The lowest BCUT2D eigenvalue weighted by atomic mass is 10.1. The number of hydrogen-bond acceptors (Lipinski definition) is 5. The van der Waals surface area contributed by atoms with Crippen LogP contribution in [0.25, 0.3) is 0 Å². The molecule has 94 valence electrons. The molecule has 5 nitrogen and oxygen atoms in total. The molecule has 1 heterocycles. The first-order chi connectivity index (χ1) is 8.58. The maximum absolute atomic E-state index is 11.0. The van der Waals surface area contributed by atoms with Gasteiger partial charge in [0.2, 0.25) is 0 Å². The number of thioether (sulfide) groups is 1. The van der Waals surface area contributed by atoms with Crippen molar-refractivity contribution in [2.75, 3.05) is 0 Å². The van der Waals surface area contributed by atoms with Crippen molar-refractivity contribution in [1.82, 2.24) is 10.3 Å². The summed E-state index contributed by atoms with van der Waals surface area (Å²) < 4.78 is 4.61. The summed E-state index contributed by atoms with van der Waals surface area (Å²) in [5, 5.41) is 16.5. The molecule has 0 amide bonds. The van der Waals surface area contributed by atoms with Crippen molar-refractivity contribution in [2.45, 2.75) is 24.5 Å². The summed E-state index contributed by atoms with van der Waals surface area (Å²) in [6.07, 6.45) is 0. The number of hydrogen-bond donors (Lipinski definition) is 1. The van der Waals surface area contributed by atoms with Gasteiger partial charge in [-0.1, -0.05) is 16.4 Å². The zero-order valence-corrected chi connectivity index (χ0v) is 10.8. The quantitative estimate of drug-likeness (QED) is 0.855. The number of benzene rings is 1. The molecule has 1 N–H and O–H groups in total. The van der Waals surface area contributed by atoms with Crippen LogP contribution in [-0.4, -0.2) is 21.4 Å². The third-order valence-electron chi connectivity index (χ3n) is 2.56. The van der Waals surface area contributed by atoms with Crippen LogP contribution in [0, 0.1) is 13.8 Å². The molecule has 0 unspecified atom stereocenters. The number of aromatic carboxylic acids is 1. The summed E-state index contributed by atoms with van der Waals surface area (Å²) >= 11 is 1.51. The van der Waals surface area contributed by atoms with Crippen LogP contribution in [0.3, 0.4) is 0 Å². The first kappa shape index (κ1) is 12.6. The fourth-order valence-corrected chi connectivity index (χ4v) is 2.38. The lowest BCUT2D eigenvalue weighted by molar-refractivity contribution is 0.0696. The Morgan fingerprint density at radius 3 is 2.78 bits per heavy atom. The van der Waals surface area contributed by atoms with E-state index in [1.807, 2.05) is 13.0 Å². The van der Waals surface area contributed by atoms with Crippen molar-refractivity contribution in [2.24, 2.45) is 0 Å². The summed E-state index contributed by atoms with van der Waals surface area (Å²) in [7, 11) is 0. The molecule has 0 saturated heterocycles. The molecule has 0 spiro atoms. The monoisotopic (exact) mass is 264 g/mol. The van der Waals surface area contributed by atoms with Gasteiger partial charge in [-0.05, 0) is 31.5 Å². The van der Waals surface area contributed by atoms with Gasteiger partial charge in [-0.15, -0.1) is 11.8 Å². The lowest BCUT2D eigenvalue weighted by Gasteiger charge is -2.04. The van der Waals surface area contributed by atoms with Crippen LogP contribution in [0.4, 0.5) is 0 Å². The van der Waals surface area contributed by atoms with Gasteiger partial charge in [0.05, 0.1) is 5.56 Å². The molecule has 0 aliphatic carbocycles. The third kappa shape index (κ3) is 2.70. The van der Waals surface area contributed by atoms with E-state index in [-0.39, 0.29) is 0 Å². The number of carbonyl (C=O) groups is 1. The second kappa shape index (κ2) is 5.22. The van der Waals surface area contributed by atoms with E-state index in [1.54, 1.807) is 19.1 Å². The molecule has 0 bridgehead atoms. The van der Waals surface area contributed by atoms with E-state index in [4.69, 9.17) is 5.11 Å². The molecule has 1 aromatic carbocycles. The Labute approximate surface area is 108 Å². The van der Waals surface area contributed by atoms with Crippen LogP contribution < -0.4 is 0 Å². The summed E-state index contributed by atoms with van der Waals surface area (Å²) in [5.74, 6) is -0.300. The Morgan fingerprint density at radius 2 is 2.17 bits per heavy atom. The first-order valence-electron chi connectivity index (χ1n) is 5.32. The zero-order chi connectivity index (χ0) is 13.1. The smallest absolute Gasteiger partial charge is 0.335 e. The molecule has 0 saturated carbocycles. The highest BCUT2D eigenvalue weighted by Crippen LogP contribution is 2.25. The molecule has 0 atom stereocenters. The van der Waals surface area contributed by atoms with Gasteiger partial charge in [-0.3, -0.25) is 0 Å². The molecule has 0 radical (unpaired) electrons. The van der Waals surface area contributed by atoms with Crippen molar-refractivity contribution in [3.63, 3.8) is 0 Å². The minimum absolute atomic E-state index is 0.329. The van der Waals surface area contributed by atoms with Gasteiger partial charge in [0, 0.05) is 10.6 Å². The molecule has 0 aliphatic rings. The Hall–Kier alpha value is -1.82. The van der Waals surface area contributed by atoms with E-state index >= 15 is 0 Å². The number of aryl methyl sites for hydroxylation is 2. The van der Waals surface area contributed by atoms with Crippen molar-refractivity contribution < 1.29 is 14.5 Å². The standard InChI is InChI=1S/C12H12N2O3S/c1-7-3-4-9(5-10(7)12(15)16)18-6-11-8(2)13-17-14-11/h3-5H,6H2,1-2H3,(H,15,16). The molecule has 1 aromatic heterocycles. The number of rotatable bonds is 4. The maximum atomic E-state index is 11.0.